The minimum absolute atomic E-state index is 0.132. The van der Waals surface area contributed by atoms with Crippen LogP contribution in [0.2, 0.25) is 9.36 Å². The standard InChI is InChI=1S/C17H17Cl2NO2S/c18-12-5-3-4-11(10-12)16(14-7-8-15(19)23-14)20-9-2-1-6-13(20)17(21)22/h3-5,7-8,10,13,16H,1-2,6,9H2,(H,21,22). The number of hydrogen-bond donors (Lipinski definition) is 1. The van der Waals surface area contributed by atoms with Crippen molar-refractivity contribution in [3.8, 4) is 0 Å². The molecule has 23 heavy (non-hydrogen) atoms. The second kappa shape index (κ2) is 7.22. The zero-order valence-corrected chi connectivity index (χ0v) is 14.7. The van der Waals surface area contributed by atoms with Crippen molar-refractivity contribution in [1.29, 1.82) is 0 Å². The first-order valence-corrected chi connectivity index (χ1v) is 9.13. The number of nitrogens with zero attached hydrogens (tertiary/aromatic N) is 1. The number of carbonyl (C=O) groups is 1. The maximum atomic E-state index is 11.7. The van der Waals surface area contributed by atoms with E-state index in [-0.39, 0.29) is 6.04 Å². The van der Waals surface area contributed by atoms with Crippen molar-refractivity contribution in [2.24, 2.45) is 0 Å². The summed E-state index contributed by atoms with van der Waals surface area (Å²) in [5.41, 5.74) is 1.00. The second-order valence-corrected chi connectivity index (χ2v) is 7.87. The van der Waals surface area contributed by atoms with Crippen molar-refractivity contribution in [2.45, 2.75) is 31.3 Å². The average molecular weight is 370 g/mol. The highest BCUT2D eigenvalue weighted by atomic mass is 35.5. The van der Waals surface area contributed by atoms with Gasteiger partial charge in [-0.25, -0.2) is 0 Å². The summed E-state index contributed by atoms with van der Waals surface area (Å²) in [4.78, 5) is 14.8. The molecule has 1 aliphatic rings. The molecule has 0 bridgehead atoms. The summed E-state index contributed by atoms with van der Waals surface area (Å²) in [5, 5.41) is 10.3. The van der Waals surface area contributed by atoms with Gasteiger partial charge in [-0.1, -0.05) is 41.8 Å². The number of halogens is 2. The Morgan fingerprint density at radius 1 is 1.26 bits per heavy atom. The van der Waals surface area contributed by atoms with Gasteiger partial charge in [-0.15, -0.1) is 11.3 Å². The predicted octanol–water partition coefficient (Wildman–Crippen LogP) is 5.08. The summed E-state index contributed by atoms with van der Waals surface area (Å²) >= 11 is 13.8. The van der Waals surface area contributed by atoms with Gasteiger partial charge in [0.1, 0.15) is 6.04 Å². The van der Waals surface area contributed by atoms with Crippen molar-refractivity contribution >= 4 is 40.5 Å². The highest BCUT2D eigenvalue weighted by Crippen LogP contribution is 2.39. The van der Waals surface area contributed by atoms with Crippen LogP contribution in [0.1, 0.15) is 35.7 Å². The Morgan fingerprint density at radius 3 is 2.74 bits per heavy atom. The first kappa shape index (κ1) is 16.8. The van der Waals surface area contributed by atoms with E-state index in [0.717, 1.165) is 29.8 Å². The molecular weight excluding hydrogens is 353 g/mol. The van der Waals surface area contributed by atoms with Crippen molar-refractivity contribution in [3.63, 3.8) is 0 Å². The summed E-state index contributed by atoms with van der Waals surface area (Å²) in [6.45, 7) is 0.754. The first-order chi connectivity index (χ1) is 11.1. The molecule has 1 aliphatic heterocycles. The molecule has 2 heterocycles. The summed E-state index contributed by atoms with van der Waals surface area (Å²) in [5.74, 6) is -0.764. The smallest absolute Gasteiger partial charge is 0.320 e. The number of carboxylic acid groups (broad SMARTS) is 1. The highest BCUT2D eigenvalue weighted by molar-refractivity contribution is 7.16. The molecule has 2 unspecified atom stereocenters. The van der Waals surface area contributed by atoms with E-state index in [4.69, 9.17) is 23.2 Å². The van der Waals surface area contributed by atoms with Gasteiger partial charge in [0.15, 0.2) is 0 Å². The highest BCUT2D eigenvalue weighted by Gasteiger charge is 2.35. The van der Waals surface area contributed by atoms with Gasteiger partial charge in [0.05, 0.1) is 10.4 Å². The summed E-state index contributed by atoms with van der Waals surface area (Å²) in [6, 6.07) is 10.9. The van der Waals surface area contributed by atoms with E-state index >= 15 is 0 Å². The topological polar surface area (TPSA) is 40.5 Å². The average Bonchev–Trinajstić information content (AvgIpc) is 2.94. The molecule has 3 nitrogen and oxygen atoms in total. The Morgan fingerprint density at radius 2 is 2.09 bits per heavy atom. The van der Waals surface area contributed by atoms with Crippen LogP contribution in [0.5, 0.6) is 0 Å². The van der Waals surface area contributed by atoms with E-state index in [1.165, 1.54) is 11.3 Å². The maximum absolute atomic E-state index is 11.7. The molecular formula is C17H17Cl2NO2S. The van der Waals surface area contributed by atoms with Gasteiger partial charge < -0.3 is 5.11 Å². The minimum Gasteiger partial charge on any atom is -0.480 e. The normalized spacial score (nSPS) is 20.3. The number of carboxylic acids is 1. The van der Waals surface area contributed by atoms with Crippen molar-refractivity contribution in [1.82, 2.24) is 4.90 Å². The van der Waals surface area contributed by atoms with E-state index in [1.807, 2.05) is 36.4 Å². The third-order valence-corrected chi connectivity index (χ3v) is 5.71. The summed E-state index contributed by atoms with van der Waals surface area (Å²) < 4.78 is 0.705. The van der Waals surface area contributed by atoms with Gasteiger partial charge in [0.2, 0.25) is 0 Å². The Hall–Kier alpha value is -1.07. The molecule has 3 rings (SSSR count). The zero-order chi connectivity index (χ0) is 16.4. The lowest BCUT2D eigenvalue weighted by Crippen LogP contribution is -2.46. The van der Waals surface area contributed by atoms with Gasteiger partial charge in [-0.05, 0) is 49.2 Å². The molecule has 6 heteroatoms. The van der Waals surface area contributed by atoms with Crippen LogP contribution in [-0.2, 0) is 4.79 Å². The van der Waals surface area contributed by atoms with Crippen LogP contribution in [0.15, 0.2) is 36.4 Å². The fraction of sp³-hybridized carbons (Fsp3) is 0.353. The third-order valence-electron chi connectivity index (χ3n) is 4.19. The zero-order valence-electron chi connectivity index (χ0n) is 12.4. The Balaban J connectivity index is 2.05. The molecule has 1 saturated heterocycles. The van der Waals surface area contributed by atoms with Crippen LogP contribution >= 0.6 is 34.5 Å². The second-order valence-electron chi connectivity index (χ2n) is 5.69. The van der Waals surface area contributed by atoms with Crippen LogP contribution in [-0.4, -0.2) is 28.6 Å². The van der Waals surface area contributed by atoms with Crippen LogP contribution in [0.3, 0.4) is 0 Å². The third kappa shape index (κ3) is 3.72. The van der Waals surface area contributed by atoms with E-state index in [9.17, 15) is 9.90 Å². The molecule has 2 atom stereocenters. The lowest BCUT2D eigenvalue weighted by molar-refractivity contribution is -0.145. The molecule has 0 saturated carbocycles. The fourth-order valence-electron chi connectivity index (χ4n) is 3.20. The van der Waals surface area contributed by atoms with Gasteiger partial charge in [-0.2, -0.15) is 0 Å². The van der Waals surface area contributed by atoms with Crippen molar-refractivity contribution in [3.05, 3.63) is 56.2 Å². The lowest BCUT2D eigenvalue weighted by Gasteiger charge is -2.39. The molecule has 0 radical (unpaired) electrons. The monoisotopic (exact) mass is 369 g/mol. The lowest BCUT2D eigenvalue weighted by atomic mass is 9.95. The van der Waals surface area contributed by atoms with Crippen molar-refractivity contribution in [2.75, 3.05) is 6.54 Å². The molecule has 0 aliphatic carbocycles. The predicted molar refractivity (Wildman–Crippen MR) is 94.6 cm³/mol. The molecule has 1 fully saturated rings. The van der Waals surface area contributed by atoms with E-state index in [0.29, 0.717) is 15.8 Å². The van der Waals surface area contributed by atoms with Crippen LogP contribution in [0.4, 0.5) is 0 Å². The quantitative estimate of drug-likeness (QED) is 0.816. The molecule has 2 aromatic rings. The number of rotatable bonds is 4. The molecule has 1 N–H and O–H groups in total. The minimum atomic E-state index is -0.764. The number of piperidine rings is 1. The van der Waals surface area contributed by atoms with Crippen LogP contribution in [0, 0.1) is 0 Å². The molecule has 122 valence electrons. The summed E-state index contributed by atoms with van der Waals surface area (Å²) in [6.07, 6.45) is 2.62. The number of hydrogen-bond acceptors (Lipinski definition) is 3. The molecule has 0 amide bonds. The first-order valence-electron chi connectivity index (χ1n) is 7.55. The van der Waals surface area contributed by atoms with Crippen LogP contribution < -0.4 is 0 Å². The number of thiophene rings is 1. The number of benzene rings is 1. The van der Waals surface area contributed by atoms with Gasteiger partial charge in [0.25, 0.3) is 0 Å². The SMILES string of the molecule is O=C(O)C1CCCCN1C(c1cccc(Cl)c1)c1ccc(Cl)s1. The van der Waals surface area contributed by atoms with Gasteiger partial charge in [0, 0.05) is 9.90 Å². The van der Waals surface area contributed by atoms with Gasteiger partial charge in [-0.3, -0.25) is 9.69 Å². The number of likely N-dealkylation sites (tertiary alicyclic amines) is 1. The fourth-order valence-corrected chi connectivity index (χ4v) is 4.61. The molecule has 1 aromatic heterocycles. The summed E-state index contributed by atoms with van der Waals surface area (Å²) in [7, 11) is 0. The maximum Gasteiger partial charge on any atom is 0.320 e. The van der Waals surface area contributed by atoms with E-state index < -0.39 is 12.0 Å². The van der Waals surface area contributed by atoms with E-state index in [2.05, 4.69) is 4.90 Å². The Labute approximate surface area is 149 Å². The largest absolute Gasteiger partial charge is 0.480 e. The number of aliphatic carboxylic acids is 1. The van der Waals surface area contributed by atoms with Gasteiger partial charge >= 0.3 is 5.97 Å². The van der Waals surface area contributed by atoms with Crippen LogP contribution in [0.25, 0.3) is 0 Å². The Kier molecular flexibility index (Phi) is 5.27. The van der Waals surface area contributed by atoms with E-state index in [1.54, 1.807) is 0 Å². The van der Waals surface area contributed by atoms with Crippen molar-refractivity contribution < 1.29 is 9.90 Å². The Bertz CT molecular complexity index is 703. The molecule has 1 aromatic carbocycles. The molecule has 0 spiro atoms.